The van der Waals surface area contributed by atoms with Crippen LogP contribution in [0.4, 0.5) is 0 Å². The van der Waals surface area contributed by atoms with Crippen LogP contribution in [0, 0.1) is 0 Å². The van der Waals surface area contributed by atoms with Crippen LogP contribution >= 0.6 is 0 Å². The van der Waals surface area contributed by atoms with Crippen molar-refractivity contribution < 1.29 is 4.74 Å². The number of hydrogen-bond donors (Lipinski definition) is 1. The summed E-state index contributed by atoms with van der Waals surface area (Å²) in [5, 5.41) is 3.57. The Kier molecular flexibility index (Phi) is 8.20. The van der Waals surface area contributed by atoms with Gasteiger partial charge < -0.3 is 10.1 Å². The second-order valence-electron chi connectivity index (χ2n) is 4.03. The molecule has 1 rings (SSSR count). The lowest BCUT2D eigenvalue weighted by Crippen LogP contribution is -2.38. The highest BCUT2D eigenvalue weighted by molar-refractivity contribution is 4.78. The van der Waals surface area contributed by atoms with Gasteiger partial charge in [-0.3, -0.25) is 0 Å². The minimum absolute atomic E-state index is 0.523. The van der Waals surface area contributed by atoms with Gasteiger partial charge in [0.05, 0.1) is 6.10 Å². The maximum atomic E-state index is 5.32. The Balaban J connectivity index is 0.000000791. The molecule has 0 aliphatic heterocycles. The third-order valence-corrected chi connectivity index (χ3v) is 2.58. The Morgan fingerprint density at radius 2 is 1.57 bits per heavy atom. The van der Waals surface area contributed by atoms with Crippen molar-refractivity contribution in [3.63, 3.8) is 0 Å². The van der Waals surface area contributed by atoms with Gasteiger partial charge in [0, 0.05) is 19.2 Å². The average Bonchev–Trinajstić information content (AvgIpc) is 2.21. The molecule has 0 unspecified atom stereocenters. The molecule has 0 radical (unpaired) electrons. The van der Waals surface area contributed by atoms with Crippen LogP contribution in [0.5, 0.6) is 0 Å². The van der Waals surface area contributed by atoms with Gasteiger partial charge in [0.25, 0.3) is 0 Å². The minimum atomic E-state index is 0.523. The van der Waals surface area contributed by atoms with E-state index in [4.69, 9.17) is 4.74 Å². The fraction of sp³-hybridized carbons (Fsp3) is 1.00. The average molecular weight is 201 g/mol. The van der Waals surface area contributed by atoms with E-state index >= 15 is 0 Å². The molecule has 0 bridgehead atoms. The second-order valence-corrected chi connectivity index (χ2v) is 4.03. The molecule has 14 heavy (non-hydrogen) atoms. The monoisotopic (exact) mass is 201 g/mol. The van der Waals surface area contributed by atoms with Gasteiger partial charge >= 0.3 is 0 Å². The molecule has 1 fully saturated rings. The largest absolute Gasteiger partial charge is 0.381 e. The van der Waals surface area contributed by atoms with Gasteiger partial charge in [-0.2, -0.15) is 0 Å². The van der Waals surface area contributed by atoms with Crippen LogP contribution in [0.3, 0.4) is 0 Å². The predicted octanol–water partition coefficient (Wildman–Crippen LogP) is 2.97. The molecule has 2 nitrogen and oxygen atoms in total. The Labute approximate surface area is 89.4 Å². The molecule has 0 atom stereocenters. The first kappa shape index (κ1) is 13.9. The van der Waals surface area contributed by atoms with E-state index in [1.165, 1.54) is 25.7 Å². The normalized spacial score (nSPS) is 27.0. The quantitative estimate of drug-likeness (QED) is 0.758. The smallest absolute Gasteiger partial charge is 0.0572 e. The molecule has 2 heteroatoms. The molecule has 0 amide bonds. The maximum absolute atomic E-state index is 5.32. The van der Waals surface area contributed by atoms with Gasteiger partial charge in [0.1, 0.15) is 0 Å². The summed E-state index contributed by atoms with van der Waals surface area (Å²) >= 11 is 0. The van der Waals surface area contributed by atoms with Crippen LogP contribution in [-0.4, -0.2) is 25.3 Å². The molecule has 0 saturated heterocycles. The van der Waals surface area contributed by atoms with Gasteiger partial charge in [-0.15, -0.1) is 0 Å². The fourth-order valence-corrected chi connectivity index (χ4v) is 1.94. The van der Waals surface area contributed by atoms with E-state index in [-0.39, 0.29) is 0 Å². The fourth-order valence-electron chi connectivity index (χ4n) is 1.94. The first-order valence-electron chi connectivity index (χ1n) is 6.01. The van der Waals surface area contributed by atoms with Gasteiger partial charge in [0.15, 0.2) is 0 Å². The van der Waals surface area contributed by atoms with E-state index < -0.39 is 0 Å². The van der Waals surface area contributed by atoms with Crippen LogP contribution in [0.15, 0.2) is 0 Å². The van der Waals surface area contributed by atoms with E-state index in [0.717, 1.165) is 6.04 Å². The zero-order valence-electron chi connectivity index (χ0n) is 10.5. The van der Waals surface area contributed by atoms with Crippen LogP contribution in [0.25, 0.3) is 0 Å². The minimum Gasteiger partial charge on any atom is -0.381 e. The van der Waals surface area contributed by atoms with Gasteiger partial charge in [-0.05, 0) is 25.7 Å². The van der Waals surface area contributed by atoms with E-state index in [2.05, 4.69) is 19.2 Å². The lowest BCUT2D eigenvalue weighted by Gasteiger charge is -2.29. The highest BCUT2D eigenvalue weighted by Crippen LogP contribution is 2.20. The summed E-state index contributed by atoms with van der Waals surface area (Å²) in [6.07, 6.45) is 5.52. The van der Waals surface area contributed by atoms with Crippen molar-refractivity contribution in [2.75, 3.05) is 7.11 Å². The number of rotatable bonds is 3. The van der Waals surface area contributed by atoms with Crippen LogP contribution in [0.1, 0.15) is 53.4 Å². The van der Waals surface area contributed by atoms with Crippen LogP contribution in [0.2, 0.25) is 0 Å². The molecule has 0 aromatic heterocycles. The van der Waals surface area contributed by atoms with Gasteiger partial charge in [-0.1, -0.05) is 27.7 Å². The predicted molar refractivity (Wildman–Crippen MR) is 62.7 cm³/mol. The molecule has 0 spiro atoms. The molecule has 86 valence electrons. The molecule has 1 aliphatic rings. The Bertz CT molecular complexity index is 117. The lowest BCUT2D eigenvalue weighted by atomic mass is 9.92. The van der Waals surface area contributed by atoms with Crippen molar-refractivity contribution in [3.05, 3.63) is 0 Å². The molecule has 1 aliphatic carbocycles. The van der Waals surface area contributed by atoms with E-state index in [1.807, 2.05) is 21.0 Å². The van der Waals surface area contributed by atoms with Crippen molar-refractivity contribution in [2.24, 2.45) is 0 Å². The van der Waals surface area contributed by atoms with Crippen molar-refractivity contribution in [2.45, 2.75) is 71.6 Å². The first-order chi connectivity index (χ1) is 6.72. The summed E-state index contributed by atoms with van der Waals surface area (Å²) in [6, 6.07) is 1.35. The zero-order chi connectivity index (χ0) is 11.0. The van der Waals surface area contributed by atoms with Crippen molar-refractivity contribution in [1.29, 1.82) is 0 Å². The molecule has 0 aromatic rings. The number of hydrogen-bond acceptors (Lipinski definition) is 2. The van der Waals surface area contributed by atoms with Crippen LogP contribution in [-0.2, 0) is 4.74 Å². The third-order valence-electron chi connectivity index (χ3n) is 2.58. The molecule has 0 aromatic carbocycles. The van der Waals surface area contributed by atoms with E-state index in [1.54, 1.807) is 0 Å². The summed E-state index contributed by atoms with van der Waals surface area (Å²) < 4.78 is 5.32. The summed E-state index contributed by atoms with van der Waals surface area (Å²) in [7, 11) is 1.82. The Hall–Kier alpha value is -0.0800. The van der Waals surface area contributed by atoms with Gasteiger partial charge in [0.2, 0.25) is 0 Å². The van der Waals surface area contributed by atoms with Crippen molar-refractivity contribution in [3.8, 4) is 0 Å². The second kappa shape index (κ2) is 8.25. The summed E-state index contributed by atoms with van der Waals surface area (Å²) in [5.41, 5.74) is 0. The summed E-state index contributed by atoms with van der Waals surface area (Å²) in [6.45, 7) is 8.42. The SMILES string of the molecule is CC.COC1CCC(NC(C)C)CC1. The first-order valence-corrected chi connectivity index (χ1v) is 6.01. The number of methoxy groups -OCH3 is 1. The van der Waals surface area contributed by atoms with E-state index in [9.17, 15) is 0 Å². The molecular formula is C12H27NO. The van der Waals surface area contributed by atoms with Crippen molar-refractivity contribution in [1.82, 2.24) is 5.32 Å². The molecule has 0 heterocycles. The molecule has 1 N–H and O–H groups in total. The number of nitrogens with one attached hydrogen (secondary N) is 1. The van der Waals surface area contributed by atoms with Crippen LogP contribution < -0.4 is 5.32 Å². The summed E-state index contributed by atoms with van der Waals surface area (Å²) in [4.78, 5) is 0. The molecular weight excluding hydrogens is 174 g/mol. The van der Waals surface area contributed by atoms with Gasteiger partial charge in [-0.25, -0.2) is 0 Å². The highest BCUT2D eigenvalue weighted by Gasteiger charge is 2.20. The standard InChI is InChI=1S/C10H21NO.C2H6/c1-8(2)11-9-4-6-10(12-3)7-5-9;1-2/h8-11H,4-7H2,1-3H3;1-2H3. The Morgan fingerprint density at radius 1 is 1.07 bits per heavy atom. The maximum Gasteiger partial charge on any atom is 0.0572 e. The topological polar surface area (TPSA) is 21.3 Å². The Morgan fingerprint density at radius 3 is 1.93 bits per heavy atom. The highest BCUT2D eigenvalue weighted by atomic mass is 16.5. The van der Waals surface area contributed by atoms with Crippen molar-refractivity contribution >= 4 is 0 Å². The summed E-state index contributed by atoms with van der Waals surface area (Å²) in [5.74, 6) is 0. The zero-order valence-corrected chi connectivity index (χ0v) is 10.5. The number of ether oxygens (including phenoxy) is 1. The van der Waals surface area contributed by atoms with E-state index in [0.29, 0.717) is 12.1 Å². The third kappa shape index (κ3) is 5.61. The molecule has 1 saturated carbocycles. The lowest BCUT2D eigenvalue weighted by molar-refractivity contribution is 0.0616.